The largest absolute Gasteiger partial charge is 0.493 e. The molecule has 6 heteroatoms. The van der Waals surface area contributed by atoms with E-state index in [1.165, 1.54) is 0 Å². The highest BCUT2D eigenvalue weighted by atomic mass is 35.5. The summed E-state index contributed by atoms with van der Waals surface area (Å²) in [5.74, 6) is 1.39. The third kappa shape index (κ3) is 3.91. The first kappa shape index (κ1) is 17.6. The van der Waals surface area contributed by atoms with Gasteiger partial charge in [0.2, 0.25) is 5.89 Å². The molecule has 0 atom stereocenters. The normalized spacial score (nSPS) is 12.0. The Hall–Kier alpha value is -2.17. The number of benzene rings is 2. The average molecular weight is 378 g/mol. The van der Waals surface area contributed by atoms with E-state index in [9.17, 15) is 0 Å². The molecular formula is C19H17Cl2NO3. The molecule has 0 fully saturated rings. The highest BCUT2D eigenvalue weighted by Gasteiger charge is 2.14. The molecule has 0 N–H and O–H groups in total. The Labute approximate surface area is 156 Å². The van der Waals surface area contributed by atoms with Crippen LogP contribution in [0.5, 0.6) is 11.5 Å². The molecule has 3 aromatic rings. The van der Waals surface area contributed by atoms with Gasteiger partial charge in [-0.1, -0.05) is 35.3 Å². The Kier molecular flexibility index (Phi) is 5.21. The summed E-state index contributed by atoms with van der Waals surface area (Å²) in [6.45, 7) is 3.85. The number of aromatic nitrogens is 1. The summed E-state index contributed by atoms with van der Waals surface area (Å²) in [5.41, 5.74) is 2.19. The Morgan fingerprint density at radius 1 is 1.24 bits per heavy atom. The van der Waals surface area contributed by atoms with E-state index in [1.807, 2.05) is 38.1 Å². The maximum absolute atomic E-state index is 6.37. The van der Waals surface area contributed by atoms with Crippen LogP contribution in [0.4, 0.5) is 0 Å². The highest BCUT2D eigenvalue weighted by Crippen LogP contribution is 2.38. The summed E-state index contributed by atoms with van der Waals surface area (Å²) >= 11 is 12.7. The van der Waals surface area contributed by atoms with Crippen molar-refractivity contribution in [3.63, 3.8) is 0 Å². The molecule has 130 valence electrons. The van der Waals surface area contributed by atoms with E-state index in [0.717, 1.165) is 11.1 Å². The Balaban J connectivity index is 1.98. The molecular weight excluding hydrogens is 361 g/mol. The van der Waals surface area contributed by atoms with Crippen molar-refractivity contribution in [2.75, 3.05) is 7.11 Å². The van der Waals surface area contributed by atoms with Crippen molar-refractivity contribution in [2.45, 2.75) is 20.0 Å². The minimum absolute atomic E-state index is 0.0175. The molecule has 0 spiro atoms. The fourth-order valence-corrected chi connectivity index (χ4v) is 2.83. The van der Waals surface area contributed by atoms with Crippen LogP contribution < -0.4 is 9.47 Å². The minimum Gasteiger partial charge on any atom is -0.493 e. The zero-order valence-corrected chi connectivity index (χ0v) is 15.6. The van der Waals surface area contributed by atoms with Gasteiger partial charge in [-0.2, -0.15) is 0 Å². The highest BCUT2D eigenvalue weighted by molar-refractivity contribution is 6.50. The molecule has 0 saturated carbocycles. The van der Waals surface area contributed by atoms with Gasteiger partial charge in [0.1, 0.15) is 10.5 Å². The molecule has 4 nitrogen and oxygen atoms in total. The van der Waals surface area contributed by atoms with Crippen molar-refractivity contribution in [2.24, 2.45) is 0 Å². The summed E-state index contributed by atoms with van der Waals surface area (Å²) in [6.07, 6.45) is 1.70. The van der Waals surface area contributed by atoms with Crippen LogP contribution >= 0.6 is 23.2 Å². The number of hydrogen-bond donors (Lipinski definition) is 0. The van der Waals surface area contributed by atoms with E-state index in [4.69, 9.17) is 37.1 Å². The van der Waals surface area contributed by atoms with Crippen molar-refractivity contribution in [3.8, 4) is 11.5 Å². The Bertz CT molecular complexity index is 899. The van der Waals surface area contributed by atoms with Crippen LogP contribution in [0.2, 0.25) is 5.02 Å². The molecule has 1 heterocycles. The Morgan fingerprint density at radius 2 is 2.00 bits per heavy atom. The lowest BCUT2D eigenvalue weighted by atomic mass is 10.2. The topological polar surface area (TPSA) is 44.5 Å². The van der Waals surface area contributed by atoms with Crippen molar-refractivity contribution in [1.82, 2.24) is 4.98 Å². The molecule has 0 aliphatic carbocycles. The molecule has 0 radical (unpaired) electrons. The third-order valence-corrected chi connectivity index (χ3v) is 3.95. The van der Waals surface area contributed by atoms with Gasteiger partial charge >= 0.3 is 0 Å². The number of nitrogens with zero attached hydrogens (tertiary/aromatic N) is 1. The van der Waals surface area contributed by atoms with Crippen LogP contribution in [-0.2, 0) is 0 Å². The molecule has 0 bridgehead atoms. The minimum atomic E-state index is -0.0175. The van der Waals surface area contributed by atoms with Crippen molar-refractivity contribution in [3.05, 3.63) is 52.9 Å². The second-order valence-corrected chi connectivity index (χ2v) is 6.49. The van der Waals surface area contributed by atoms with Crippen LogP contribution in [-0.4, -0.2) is 18.2 Å². The van der Waals surface area contributed by atoms with Gasteiger partial charge in [-0.3, -0.25) is 0 Å². The fourth-order valence-electron chi connectivity index (χ4n) is 2.36. The maximum atomic E-state index is 6.37. The van der Waals surface area contributed by atoms with E-state index in [-0.39, 0.29) is 6.10 Å². The first-order chi connectivity index (χ1) is 12.0. The molecule has 3 rings (SSSR count). The third-order valence-electron chi connectivity index (χ3n) is 3.40. The van der Waals surface area contributed by atoms with Gasteiger partial charge in [0.05, 0.1) is 18.2 Å². The molecule has 2 aromatic carbocycles. The second-order valence-electron chi connectivity index (χ2n) is 5.68. The van der Waals surface area contributed by atoms with E-state index >= 15 is 0 Å². The van der Waals surface area contributed by atoms with Gasteiger partial charge in [0, 0.05) is 0 Å². The van der Waals surface area contributed by atoms with Crippen LogP contribution in [0.25, 0.3) is 22.2 Å². The predicted octanol–water partition coefficient (Wildman–Crippen LogP) is 6.01. The van der Waals surface area contributed by atoms with E-state index in [1.54, 1.807) is 25.3 Å². The van der Waals surface area contributed by atoms with Gasteiger partial charge in [0.15, 0.2) is 17.1 Å². The summed E-state index contributed by atoms with van der Waals surface area (Å²) in [6, 6.07) is 11.0. The SMILES string of the molecule is COc1cc(/C=C(\Cl)c2nc3ccccc3o2)cc(Cl)c1OC(C)C. The molecule has 0 amide bonds. The van der Waals surface area contributed by atoms with Gasteiger partial charge in [-0.05, 0) is 49.8 Å². The van der Waals surface area contributed by atoms with Gasteiger partial charge in [0.25, 0.3) is 0 Å². The van der Waals surface area contributed by atoms with E-state index in [2.05, 4.69) is 4.98 Å². The van der Waals surface area contributed by atoms with Crippen LogP contribution in [0.3, 0.4) is 0 Å². The number of oxazole rings is 1. The molecule has 0 unspecified atom stereocenters. The van der Waals surface area contributed by atoms with Crippen molar-refractivity contribution < 1.29 is 13.9 Å². The predicted molar refractivity (Wildman–Crippen MR) is 102 cm³/mol. The van der Waals surface area contributed by atoms with Gasteiger partial charge < -0.3 is 13.9 Å². The molecule has 1 aromatic heterocycles. The number of fused-ring (bicyclic) bond motifs is 1. The summed E-state index contributed by atoms with van der Waals surface area (Å²) in [7, 11) is 1.56. The lowest BCUT2D eigenvalue weighted by Crippen LogP contribution is -2.07. The zero-order chi connectivity index (χ0) is 18.0. The first-order valence-electron chi connectivity index (χ1n) is 7.75. The Morgan fingerprint density at radius 3 is 2.68 bits per heavy atom. The van der Waals surface area contributed by atoms with Gasteiger partial charge in [-0.15, -0.1) is 0 Å². The summed E-state index contributed by atoms with van der Waals surface area (Å²) < 4.78 is 16.8. The maximum Gasteiger partial charge on any atom is 0.238 e. The van der Waals surface area contributed by atoms with Crippen LogP contribution in [0, 0.1) is 0 Å². The lowest BCUT2D eigenvalue weighted by molar-refractivity contribution is 0.230. The second kappa shape index (κ2) is 7.38. The van der Waals surface area contributed by atoms with Crippen LogP contribution in [0.15, 0.2) is 40.8 Å². The van der Waals surface area contributed by atoms with E-state index in [0.29, 0.717) is 33.0 Å². The molecule has 25 heavy (non-hydrogen) atoms. The molecule has 0 aliphatic heterocycles. The van der Waals surface area contributed by atoms with Gasteiger partial charge in [-0.25, -0.2) is 4.98 Å². The first-order valence-corrected chi connectivity index (χ1v) is 8.51. The quantitative estimate of drug-likeness (QED) is 0.545. The summed E-state index contributed by atoms with van der Waals surface area (Å²) in [4.78, 5) is 4.37. The number of methoxy groups -OCH3 is 1. The fraction of sp³-hybridized carbons (Fsp3) is 0.211. The number of rotatable bonds is 5. The smallest absolute Gasteiger partial charge is 0.238 e. The average Bonchev–Trinajstić information content (AvgIpc) is 3.01. The lowest BCUT2D eigenvalue weighted by Gasteiger charge is -2.15. The number of para-hydroxylation sites is 2. The number of hydrogen-bond acceptors (Lipinski definition) is 4. The number of halogens is 2. The van der Waals surface area contributed by atoms with E-state index < -0.39 is 0 Å². The van der Waals surface area contributed by atoms with Crippen molar-refractivity contribution in [1.29, 1.82) is 0 Å². The number of ether oxygens (including phenoxy) is 2. The summed E-state index contributed by atoms with van der Waals surface area (Å²) in [5, 5.41) is 0.813. The monoisotopic (exact) mass is 377 g/mol. The zero-order valence-electron chi connectivity index (χ0n) is 14.0. The molecule has 0 aliphatic rings. The standard InChI is InChI=1S/C19H17Cl2NO3/c1-11(2)24-18-13(20)8-12(10-17(18)23-3)9-14(21)19-22-15-6-4-5-7-16(15)25-19/h4-11H,1-3H3/b14-9-. The van der Waals surface area contributed by atoms with Crippen LogP contribution in [0.1, 0.15) is 25.3 Å². The van der Waals surface area contributed by atoms with Crippen molar-refractivity contribution >= 4 is 45.4 Å². The molecule has 0 saturated heterocycles.